The van der Waals surface area contributed by atoms with E-state index in [0.717, 1.165) is 17.7 Å². The molecule has 3 rings (SSSR count). The van der Waals surface area contributed by atoms with Gasteiger partial charge in [0.1, 0.15) is 13.1 Å². The number of amides is 4. The average Bonchev–Trinajstić information content (AvgIpc) is 3.30. The molecule has 6 nitrogen and oxygen atoms in total. The predicted octanol–water partition coefficient (Wildman–Crippen LogP) is 2.18. The fraction of sp³-hybridized carbons (Fsp3) is 0.471. The average molecular weight is 315 g/mol. The fourth-order valence-electron chi connectivity index (χ4n) is 2.68. The molecule has 1 saturated carbocycles. The zero-order chi connectivity index (χ0) is 16.6. The molecule has 2 fully saturated rings. The third kappa shape index (κ3) is 3.36. The lowest BCUT2D eigenvalue weighted by molar-refractivity contribution is -0.129. The molecule has 1 heterocycles. The van der Waals surface area contributed by atoms with Crippen LogP contribution in [0.4, 0.5) is 10.5 Å². The first kappa shape index (κ1) is 15.5. The highest BCUT2D eigenvalue weighted by Crippen LogP contribution is 2.30. The standard InChI is InChI=1S/C17H21N3O3/c1-11(2)12-3-5-13(6-4-12)18-15(21)9-20-16(22)10-19(17(20)23)14-7-8-14/h3-6,11,14H,7-10H2,1-2H3,(H,18,21). The summed E-state index contributed by atoms with van der Waals surface area (Å²) in [6.07, 6.45) is 1.89. The second kappa shape index (κ2) is 6.02. The van der Waals surface area contributed by atoms with Gasteiger partial charge >= 0.3 is 6.03 Å². The van der Waals surface area contributed by atoms with Crippen LogP contribution in [0.3, 0.4) is 0 Å². The quantitative estimate of drug-likeness (QED) is 0.847. The molecule has 2 aliphatic rings. The van der Waals surface area contributed by atoms with E-state index < -0.39 is 0 Å². The van der Waals surface area contributed by atoms with Gasteiger partial charge in [-0.15, -0.1) is 0 Å². The first-order valence-corrected chi connectivity index (χ1v) is 7.96. The summed E-state index contributed by atoms with van der Waals surface area (Å²) in [5.74, 6) is -0.234. The molecule has 0 bridgehead atoms. The normalized spacial score (nSPS) is 18.0. The van der Waals surface area contributed by atoms with Gasteiger partial charge in [-0.2, -0.15) is 0 Å². The Kier molecular flexibility index (Phi) is 4.07. The second-order valence-corrected chi connectivity index (χ2v) is 6.45. The van der Waals surface area contributed by atoms with Crippen molar-refractivity contribution in [1.82, 2.24) is 9.80 Å². The summed E-state index contributed by atoms with van der Waals surface area (Å²) < 4.78 is 0. The van der Waals surface area contributed by atoms with Crippen LogP contribution < -0.4 is 5.32 Å². The zero-order valence-corrected chi connectivity index (χ0v) is 13.4. The number of anilines is 1. The van der Waals surface area contributed by atoms with Crippen molar-refractivity contribution < 1.29 is 14.4 Å². The van der Waals surface area contributed by atoms with Gasteiger partial charge in [-0.25, -0.2) is 4.79 Å². The topological polar surface area (TPSA) is 69.7 Å². The number of hydrogen-bond acceptors (Lipinski definition) is 3. The molecule has 0 radical (unpaired) electrons. The summed E-state index contributed by atoms with van der Waals surface area (Å²) in [7, 11) is 0. The molecule has 1 N–H and O–H groups in total. The Morgan fingerprint density at radius 3 is 2.43 bits per heavy atom. The van der Waals surface area contributed by atoms with Crippen LogP contribution in [0, 0.1) is 0 Å². The minimum Gasteiger partial charge on any atom is -0.325 e. The minimum absolute atomic E-state index is 0.0971. The third-order valence-corrected chi connectivity index (χ3v) is 4.23. The summed E-state index contributed by atoms with van der Waals surface area (Å²) in [6, 6.07) is 7.42. The maximum absolute atomic E-state index is 12.2. The Morgan fingerprint density at radius 2 is 1.87 bits per heavy atom. The van der Waals surface area contributed by atoms with Crippen molar-refractivity contribution in [2.45, 2.75) is 38.6 Å². The van der Waals surface area contributed by atoms with E-state index in [0.29, 0.717) is 11.6 Å². The van der Waals surface area contributed by atoms with E-state index in [1.54, 1.807) is 4.90 Å². The lowest BCUT2D eigenvalue weighted by Crippen LogP contribution is -2.39. The van der Waals surface area contributed by atoms with Gasteiger partial charge in [-0.1, -0.05) is 26.0 Å². The number of carbonyl (C=O) groups is 3. The van der Waals surface area contributed by atoms with Crippen LogP contribution in [-0.4, -0.2) is 46.8 Å². The number of nitrogens with zero attached hydrogens (tertiary/aromatic N) is 2. The molecule has 0 atom stereocenters. The van der Waals surface area contributed by atoms with Gasteiger partial charge in [-0.05, 0) is 36.5 Å². The van der Waals surface area contributed by atoms with E-state index in [9.17, 15) is 14.4 Å². The van der Waals surface area contributed by atoms with Crippen LogP contribution in [0.15, 0.2) is 24.3 Å². The third-order valence-electron chi connectivity index (χ3n) is 4.23. The van der Waals surface area contributed by atoms with Crippen molar-refractivity contribution >= 4 is 23.5 Å². The predicted molar refractivity (Wildman–Crippen MR) is 86.0 cm³/mol. The summed E-state index contributed by atoms with van der Waals surface area (Å²) in [6.45, 7) is 4.07. The van der Waals surface area contributed by atoms with Crippen molar-refractivity contribution in [3.05, 3.63) is 29.8 Å². The number of carbonyl (C=O) groups excluding carboxylic acids is 3. The molecule has 1 aromatic carbocycles. The Bertz CT molecular complexity index is 635. The highest BCUT2D eigenvalue weighted by Gasteiger charge is 2.44. The van der Waals surface area contributed by atoms with Crippen LogP contribution in [-0.2, 0) is 9.59 Å². The monoisotopic (exact) mass is 315 g/mol. The van der Waals surface area contributed by atoms with E-state index in [1.807, 2.05) is 24.3 Å². The Labute approximate surface area is 135 Å². The van der Waals surface area contributed by atoms with Crippen LogP contribution in [0.25, 0.3) is 0 Å². The zero-order valence-electron chi connectivity index (χ0n) is 13.4. The summed E-state index contributed by atoms with van der Waals surface area (Å²) >= 11 is 0. The molecule has 23 heavy (non-hydrogen) atoms. The Morgan fingerprint density at radius 1 is 1.22 bits per heavy atom. The first-order chi connectivity index (χ1) is 11.0. The van der Waals surface area contributed by atoms with E-state index in [4.69, 9.17) is 0 Å². The molecule has 1 aliphatic carbocycles. The molecule has 1 saturated heterocycles. The van der Waals surface area contributed by atoms with Gasteiger partial charge in [0.2, 0.25) is 5.91 Å². The lowest BCUT2D eigenvalue weighted by atomic mass is 10.0. The van der Waals surface area contributed by atoms with Crippen molar-refractivity contribution in [3.63, 3.8) is 0 Å². The van der Waals surface area contributed by atoms with Gasteiger partial charge in [0.05, 0.1) is 0 Å². The fourth-order valence-corrected chi connectivity index (χ4v) is 2.68. The molecule has 1 aromatic rings. The molecule has 0 aromatic heterocycles. The van der Waals surface area contributed by atoms with Gasteiger partial charge in [0, 0.05) is 11.7 Å². The molecule has 0 spiro atoms. The number of rotatable bonds is 5. The van der Waals surface area contributed by atoms with E-state index >= 15 is 0 Å². The molecule has 4 amide bonds. The van der Waals surface area contributed by atoms with Crippen LogP contribution >= 0.6 is 0 Å². The molecule has 122 valence electrons. The number of urea groups is 1. The number of benzene rings is 1. The smallest absolute Gasteiger partial charge is 0.325 e. The van der Waals surface area contributed by atoms with E-state index in [2.05, 4.69) is 19.2 Å². The summed E-state index contributed by atoms with van der Waals surface area (Å²) in [5, 5.41) is 2.73. The highest BCUT2D eigenvalue weighted by molar-refractivity contribution is 6.06. The first-order valence-electron chi connectivity index (χ1n) is 7.96. The molecular formula is C17H21N3O3. The molecular weight excluding hydrogens is 294 g/mol. The van der Waals surface area contributed by atoms with Gasteiger partial charge in [0.25, 0.3) is 5.91 Å². The number of nitrogens with one attached hydrogen (secondary N) is 1. The Balaban J connectivity index is 1.58. The van der Waals surface area contributed by atoms with E-state index in [-0.39, 0.29) is 37.0 Å². The minimum atomic E-state index is -0.360. The molecule has 6 heteroatoms. The Hall–Kier alpha value is -2.37. The van der Waals surface area contributed by atoms with Crippen LogP contribution in [0.2, 0.25) is 0 Å². The van der Waals surface area contributed by atoms with Gasteiger partial charge in [0.15, 0.2) is 0 Å². The second-order valence-electron chi connectivity index (χ2n) is 6.45. The highest BCUT2D eigenvalue weighted by atomic mass is 16.2. The number of hydrogen-bond donors (Lipinski definition) is 1. The van der Waals surface area contributed by atoms with E-state index in [1.165, 1.54) is 5.56 Å². The maximum Gasteiger partial charge on any atom is 0.327 e. The lowest BCUT2D eigenvalue weighted by Gasteiger charge is -2.16. The van der Waals surface area contributed by atoms with Crippen molar-refractivity contribution in [2.24, 2.45) is 0 Å². The van der Waals surface area contributed by atoms with Crippen LogP contribution in [0.1, 0.15) is 38.2 Å². The SMILES string of the molecule is CC(C)c1ccc(NC(=O)CN2C(=O)CN(C3CC3)C2=O)cc1. The van der Waals surface area contributed by atoms with Gasteiger partial charge in [-0.3, -0.25) is 14.5 Å². The van der Waals surface area contributed by atoms with Crippen molar-refractivity contribution in [1.29, 1.82) is 0 Å². The van der Waals surface area contributed by atoms with Crippen molar-refractivity contribution in [2.75, 3.05) is 18.4 Å². The maximum atomic E-state index is 12.2. The molecule has 1 aliphatic heterocycles. The van der Waals surface area contributed by atoms with Gasteiger partial charge < -0.3 is 10.2 Å². The molecule has 0 unspecified atom stereocenters. The summed E-state index contributed by atoms with van der Waals surface area (Å²) in [5.41, 5.74) is 1.85. The van der Waals surface area contributed by atoms with Crippen LogP contribution in [0.5, 0.6) is 0 Å². The summed E-state index contributed by atoms with van der Waals surface area (Å²) in [4.78, 5) is 38.8. The van der Waals surface area contributed by atoms with Crippen molar-refractivity contribution in [3.8, 4) is 0 Å². The largest absolute Gasteiger partial charge is 0.327 e. The number of imide groups is 1.